The van der Waals surface area contributed by atoms with Crippen LogP contribution in [0.2, 0.25) is 0 Å². The third-order valence-corrected chi connectivity index (χ3v) is 2.42. The van der Waals surface area contributed by atoms with Crippen molar-refractivity contribution in [2.24, 2.45) is 0 Å². The maximum Gasteiger partial charge on any atom is 0.317 e. The third kappa shape index (κ3) is 4.50. The summed E-state index contributed by atoms with van der Waals surface area (Å²) in [6.45, 7) is 1.11. The van der Waals surface area contributed by atoms with Crippen molar-refractivity contribution >= 4 is 11.9 Å². The van der Waals surface area contributed by atoms with Gasteiger partial charge in [0.1, 0.15) is 5.82 Å². The van der Waals surface area contributed by atoms with Crippen LogP contribution in [0.25, 0.3) is 0 Å². The molecule has 0 fully saturated rings. The maximum absolute atomic E-state index is 12.9. The van der Waals surface area contributed by atoms with E-state index in [2.05, 4.69) is 0 Å². The van der Waals surface area contributed by atoms with Gasteiger partial charge in [-0.1, -0.05) is 6.07 Å². The summed E-state index contributed by atoms with van der Waals surface area (Å²) in [5.41, 5.74) is 1.37. The van der Waals surface area contributed by atoms with Crippen molar-refractivity contribution in [1.82, 2.24) is 4.90 Å². The molecule has 0 unspecified atom stereocenters. The van der Waals surface area contributed by atoms with E-state index in [0.29, 0.717) is 11.1 Å². The predicted octanol–water partition coefficient (Wildman–Crippen LogP) is 1.11. The van der Waals surface area contributed by atoms with Gasteiger partial charge in [0, 0.05) is 6.54 Å². The first-order valence-electron chi connectivity index (χ1n) is 5.29. The Kier molecular flexibility index (Phi) is 4.79. The van der Waals surface area contributed by atoms with Crippen LogP contribution in [0.15, 0.2) is 18.2 Å². The largest absolute Gasteiger partial charge is 0.480 e. The van der Waals surface area contributed by atoms with Crippen molar-refractivity contribution < 1.29 is 24.2 Å². The topological polar surface area (TPSA) is 77.8 Å². The Morgan fingerprint density at radius 1 is 1.22 bits per heavy atom. The fourth-order valence-electron chi connectivity index (χ4n) is 1.63. The Balaban J connectivity index is 2.81. The van der Waals surface area contributed by atoms with Gasteiger partial charge >= 0.3 is 11.9 Å². The van der Waals surface area contributed by atoms with Gasteiger partial charge in [-0.2, -0.15) is 0 Å². The predicted molar refractivity (Wildman–Crippen MR) is 61.7 cm³/mol. The second-order valence-corrected chi connectivity index (χ2v) is 4.00. The van der Waals surface area contributed by atoms with Crippen molar-refractivity contribution in [3.63, 3.8) is 0 Å². The van der Waals surface area contributed by atoms with E-state index >= 15 is 0 Å². The molecule has 2 N–H and O–H groups in total. The number of halogens is 1. The number of carbonyl (C=O) groups is 2. The molecule has 5 nitrogen and oxygen atoms in total. The standard InChI is InChI=1S/C12H14FNO4/c1-8-4-10(13)3-2-9(8)5-14(6-11(15)16)7-12(17)18/h2-4H,5-7H2,1H3,(H,15,16)(H,17,18). The summed E-state index contributed by atoms with van der Waals surface area (Å²) in [6.07, 6.45) is 0. The second kappa shape index (κ2) is 6.11. The van der Waals surface area contributed by atoms with Crippen molar-refractivity contribution in [3.8, 4) is 0 Å². The third-order valence-electron chi connectivity index (χ3n) is 2.42. The van der Waals surface area contributed by atoms with Gasteiger partial charge in [0.25, 0.3) is 0 Å². The quantitative estimate of drug-likeness (QED) is 0.796. The van der Waals surface area contributed by atoms with Crippen LogP contribution in [0.3, 0.4) is 0 Å². The zero-order valence-corrected chi connectivity index (χ0v) is 9.89. The van der Waals surface area contributed by atoms with Crippen LogP contribution in [0.1, 0.15) is 11.1 Å². The normalized spacial score (nSPS) is 10.6. The molecule has 1 aromatic rings. The molecule has 0 bridgehead atoms. The molecule has 0 aromatic heterocycles. The van der Waals surface area contributed by atoms with Crippen molar-refractivity contribution in [2.45, 2.75) is 13.5 Å². The summed E-state index contributed by atoms with van der Waals surface area (Å²) in [7, 11) is 0. The van der Waals surface area contributed by atoms with Crippen LogP contribution in [0, 0.1) is 12.7 Å². The van der Waals surface area contributed by atoms with E-state index in [9.17, 15) is 14.0 Å². The highest BCUT2D eigenvalue weighted by molar-refractivity contribution is 5.72. The number of carboxylic acids is 2. The minimum Gasteiger partial charge on any atom is -0.480 e. The Labute approximate surface area is 103 Å². The van der Waals surface area contributed by atoms with E-state index in [1.807, 2.05) is 0 Å². The summed E-state index contributed by atoms with van der Waals surface area (Å²) in [6, 6.07) is 4.12. The molecule has 6 heteroatoms. The number of carboxylic acid groups (broad SMARTS) is 2. The van der Waals surface area contributed by atoms with Gasteiger partial charge < -0.3 is 10.2 Å². The molecule has 0 aliphatic carbocycles. The Bertz CT molecular complexity index is 445. The van der Waals surface area contributed by atoms with Crippen LogP contribution in [-0.4, -0.2) is 40.1 Å². The molecule has 0 saturated carbocycles. The Morgan fingerprint density at radius 2 is 1.78 bits per heavy atom. The molecule has 0 amide bonds. The van der Waals surface area contributed by atoms with Gasteiger partial charge in [0.15, 0.2) is 0 Å². The molecule has 0 spiro atoms. The van der Waals surface area contributed by atoms with Gasteiger partial charge in [-0.25, -0.2) is 4.39 Å². The second-order valence-electron chi connectivity index (χ2n) is 4.00. The van der Waals surface area contributed by atoms with Crippen LogP contribution in [0.5, 0.6) is 0 Å². The first-order chi connectivity index (χ1) is 8.38. The van der Waals surface area contributed by atoms with Gasteiger partial charge in [0.2, 0.25) is 0 Å². The molecule has 1 rings (SSSR count). The number of aryl methyl sites for hydroxylation is 1. The minimum absolute atomic E-state index is 0.157. The van der Waals surface area contributed by atoms with E-state index in [-0.39, 0.29) is 25.5 Å². The van der Waals surface area contributed by atoms with E-state index in [1.165, 1.54) is 23.1 Å². The van der Waals surface area contributed by atoms with Crippen LogP contribution < -0.4 is 0 Å². The zero-order valence-electron chi connectivity index (χ0n) is 9.89. The molecule has 0 aliphatic rings. The fraction of sp³-hybridized carbons (Fsp3) is 0.333. The number of hydrogen-bond acceptors (Lipinski definition) is 3. The summed E-state index contributed by atoms with van der Waals surface area (Å²) in [5, 5.41) is 17.4. The number of hydrogen-bond donors (Lipinski definition) is 2. The monoisotopic (exact) mass is 255 g/mol. The summed E-state index contributed by atoms with van der Waals surface area (Å²) in [4.78, 5) is 22.5. The molecule has 1 aromatic carbocycles. The lowest BCUT2D eigenvalue weighted by Crippen LogP contribution is -2.34. The number of rotatable bonds is 6. The fourth-order valence-corrected chi connectivity index (χ4v) is 1.63. The average Bonchev–Trinajstić information content (AvgIpc) is 2.20. The Hall–Kier alpha value is -1.95. The van der Waals surface area contributed by atoms with E-state index in [1.54, 1.807) is 6.92 Å². The van der Waals surface area contributed by atoms with E-state index in [0.717, 1.165) is 0 Å². The molecule has 18 heavy (non-hydrogen) atoms. The number of nitrogens with zero attached hydrogens (tertiary/aromatic N) is 1. The van der Waals surface area contributed by atoms with Gasteiger partial charge in [-0.15, -0.1) is 0 Å². The number of aliphatic carboxylic acids is 2. The molecular formula is C12H14FNO4. The van der Waals surface area contributed by atoms with Crippen LogP contribution in [0.4, 0.5) is 4.39 Å². The molecule has 98 valence electrons. The SMILES string of the molecule is Cc1cc(F)ccc1CN(CC(=O)O)CC(=O)O. The van der Waals surface area contributed by atoms with Gasteiger partial charge in [-0.05, 0) is 30.2 Å². The maximum atomic E-state index is 12.9. The minimum atomic E-state index is -1.10. The molecule has 0 heterocycles. The van der Waals surface area contributed by atoms with Gasteiger partial charge in [-0.3, -0.25) is 14.5 Å². The first kappa shape index (κ1) is 14.1. The first-order valence-corrected chi connectivity index (χ1v) is 5.29. The van der Waals surface area contributed by atoms with Crippen molar-refractivity contribution in [1.29, 1.82) is 0 Å². The highest BCUT2D eigenvalue weighted by Gasteiger charge is 2.14. The summed E-state index contributed by atoms with van der Waals surface area (Å²) in [5.74, 6) is -2.58. The summed E-state index contributed by atoms with van der Waals surface area (Å²) >= 11 is 0. The van der Waals surface area contributed by atoms with Crippen LogP contribution in [-0.2, 0) is 16.1 Å². The zero-order chi connectivity index (χ0) is 13.7. The summed E-state index contributed by atoms with van der Waals surface area (Å²) < 4.78 is 12.9. The van der Waals surface area contributed by atoms with Gasteiger partial charge in [0.05, 0.1) is 13.1 Å². The lowest BCUT2D eigenvalue weighted by molar-refractivity contribution is -0.142. The molecular weight excluding hydrogens is 241 g/mol. The van der Waals surface area contributed by atoms with E-state index < -0.39 is 11.9 Å². The lowest BCUT2D eigenvalue weighted by atomic mass is 10.1. The van der Waals surface area contributed by atoms with Crippen LogP contribution >= 0.6 is 0 Å². The lowest BCUT2D eigenvalue weighted by Gasteiger charge is -2.19. The smallest absolute Gasteiger partial charge is 0.317 e. The van der Waals surface area contributed by atoms with Crippen molar-refractivity contribution in [2.75, 3.05) is 13.1 Å². The highest BCUT2D eigenvalue weighted by Crippen LogP contribution is 2.12. The molecule has 0 saturated heterocycles. The molecule has 0 atom stereocenters. The van der Waals surface area contributed by atoms with Crippen molar-refractivity contribution in [3.05, 3.63) is 35.1 Å². The molecule has 0 aliphatic heterocycles. The Morgan fingerprint density at radius 3 is 2.22 bits per heavy atom. The highest BCUT2D eigenvalue weighted by atomic mass is 19.1. The average molecular weight is 255 g/mol. The van der Waals surface area contributed by atoms with E-state index in [4.69, 9.17) is 10.2 Å². The molecule has 0 radical (unpaired) electrons. The number of benzene rings is 1.